The molecule has 0 unspecified atom stereocenters. The first kappa shape index (κ1) is 17.8. The summed E-state index contributed by atoms with van der Waals surface area (Å²) in [6.07, 6.45) is 6.64. The molecule has 0 bridgehead atoms. The maximum absolute atomic E-state index is 12.8. The van der Waals surface area contributed by atoms with Crippen LogP contribution in [0.4, 0.5) is 0 Å². The number of phenols is 1. The van der Waals surface area contributed by atoms with Gasteiger partial charge >= 0.3 is 0 Å². The summed E-state index contributed by atoms with van der Waals surface area (Å²) in [5.74, 6) is 0.907. The zero-order valence-electron chi connectivity index (χ0n) is 15.7. The molecule has 4 heteroatoms. The number of carbonyl (C=O) groups is 1. The number of ketones is 1. The molecule has 4 nitrogen and oxygen atoms in total. The molecule has 2 aliphatic heterocycles. The van der Waals surface area contributed by atoms with Crippen molar-refractivity contribution in [3.8, 4) is 11.5 Å². The molecule has 2 aliphatic rings. The molecule has 2 aromatic rings. The van der Waals surface area contributed by atoms with Gasteiger partial charge in [-0.1, -0.05) is 42.7 Å². The van der Waals surface area contributed by atoms with Crippen LogP contribution < -0.4 is 4.74 Å². The van der Waals surface area contributed by atoms with Gasteiger partial charge in [0.15, 0.2) is 5.76 Å². The lowest BCUT2D eigenvalue weighted by molar-refractivity contribution is 0.101. The Morgan fingerprint density at radius 3 is 2.44 bits per heavy atom. The monoisotopic (exact) mass is 363 g/mol. The fraction of sp³-hybridized carbons (Fsp3) is 0.348. The van der Waals surface area contributed by atoms with E-state index in [1.54, 1.807) is 18.2 Å². The Balaban J connectivity index is 1.63. The second-order valence-corrected chi connectivity index (χ2v) is 7.48. The Bertz CT molecular complexity index is 875. The summed E-state index contributed by atoms with van der Waals surface area (Å²) < 4.78 is 5.96. The summed E-state index contributed by atoms with van der Waals surface area (Å²) >= 11 is 0. The molecular weight excluding hydrogens is 338 g/mol. The van der Waals surface area contributed by atoms with Gasteiger partial charge in [0.05, 0.1) is 11.1 Å². The first-order chi connectivity index (χ1) is 13.1. The van der Waals surface area contributed by atoms with Crippen molar-refractivity contribution >= 4 is 11.9 Å². The topological polar surface area (TPSA) is 49.8 Å². The molecule has 27 heavy (non-hydrogen) atoms. The number of allylic oxidation sites excluding steroid dienone is 1. The van der Waals surface area contributed by atoms with Crippen LogP contribution in [0.15, 0.2) is 42.2 Å². The van der Waals surface area contributed by atoms with Crippen LogP contribution >= 0.6 is 0 Å². The Morgan fingerprint density at radius 1 is 1.04 bits per heavy atom. The van der Waals surface area contributed by atoms with Crippen LogP contribution in [-0.4, -0.2) is 28.9 Å². The van der Waals surface area contributed by atoms with Gasteiger partial charge in [0.2, 0.25) is 5.78 Å². The van der Waals surface area contributed by atoms with Gasteiger partial charge in [0.1, 0.15) is 11.5 Å². The number of hydrogen-bond donors (Lipinski definition) is 1. The van der Waals surface area contributed by atoms with Crippen LogP contribution in [0.2, 0.25) is 0 Å². The minimum atomic E-state index is -0.123. The van der Waals surface area contributed by atoms with Crippen LogP contribution in [0.3, 0.4) is 0 Å². The van der Waals surface area contributed by atoms with Gasteiger partial charge in [0, 0.05) is 6.54 Å². The van der Waals surface area contributed by atoms with Gasteiger partial charge in [-0.3, -0.25) is 9.69 Å². The second-order valence-electron chi connectivity index (χ2n) is 7.48. The molecule has 1 fully saturated rings. The Morgan fingerprint density at radius 2 is 1.74 bits per heavy atom. The Hall–Kier alpha value is -2.59. The molecule has 0 aromatic heterocycles. The lowest BCUT2D eigenvalue weighted by Crippen LogP contribution is -2.24. The molecular formula is C23H25NO3. The van der Waals surface area contributed by atoms with Crippen LogP contribution in [-0.2, 0) is 6.54 Å². The van der Waals surface area contributed by atoms with E-state index >= 15 is 0 Å². The third-order valence-electron chi connectivity index (χ3n) is 5.37. The van der Waals surface area contributed by atoms with E-state index in [-0.39, 0.29) is 11.5 Å². The Kier molecular flexibility index (Phi) is 4.99. The highest BCUT2D eigenvalue weighted by atomic mass is 16.5. The van der Waals surface area contributed by atoms with Gasteiger partial charge in [-0.25, -0.2) is 0 Å². The van der Waals surface area contributed by atoms with Gasteiger partial charge in [-0.05, 0) is 56.6 Å². The van der Waals surface area contributed by atoms with Gasteiger partial charge in [-0.2, -0.15) is 0 Å². The summed E-state index contributed by atoms with van der Waals surface area (Å²) in [6, 6.07) is 11.2. The highest BCUT2D eigenvalue weighted by molar-refractivity contribution is 6.15. The number of ether oxygens (including phenoxy) is 1. The highest BCUT2D eigenvalue weighted by Gasteiger charge is 2.31. The summed E-state index contributed by atoms with van der Waals surface area (Å²) in [7, 11) is 0. The molecule has 0 radical (unpaired) electrons. The number of aromatic hydroxyl groups is 1. The number of rotatable bonds is 3. The molecule has 0 amide bonds. The number of Topliss-reactive ketones (excluding diaryl/α,β-unsaturated/α-hetero) is 1. The van der Waals surface area contributed by atoms with E-state index in [1.807, 2.05) is 31.2 Å². The van der Waals surface area contributed by atoms with Crippen molar-refractivity contribution in [2.24, 2.45) is 0 Å². The van der Waals surface area contributed by atoms with E-state index in [4.69, 9.17) is 4.74 Å². The number of phenolic OH excluding ortho intramolecular Hbond substituents is 1. The maximum atomic E-state index is 12.8. The van der Waals surface area contributed by atoms with Crippen molar-refractivity contribution in [1.82, 2.24) is 4.90 Å². The van der Waals surface area contributed by atoms with E-state index in [0.717, 1.165) is 24.2 Å². The molecule has 2 aromatic carbocycles. The second kappa shape index (κ2) is 7.57. The van der Waals surface area contributed by atoms with Gasteiger partial charge in [0.25, 0.3) is 0 Å². The zero-order chi connectivity index (χ0) is 18.8. The third-order valence-corrected chi connectivity index (χ3v) is 5.37. The van der Waals surface area contributed by atoms with Crippen LogP contribution in [0.25, 0.3) is 6.08 Å². The summed E-state index contributed by atoms with van der Waals surface area (Å²) in [5, 5.41) is 10.4. The molecule has 4 rings (SSSR count). The first-order valence-electron chi connectivity index (χ1n) is 9.70. The largest absolute Gasteiger partial charge is 0.507 e. The van der Waals surface area contributed by atoms with E-state index in [9.17, 15) is 9.90 Å². The summed E-state index contributed by atoms with van der Waals surface area (Å²) in [6.45, 7) is 4.67. The average molecular weight is 363 g/mol. The zero-order valence-corrected chi connectivity index (χ0v) is 15.7. The highest BCUT2D eigenvalue weighted by Crippen LogP contribution is 2.40. The van der Waals surface area contributed by atoms with Crippen LogP contribution in [0.5, 0.6) is 11.5 Å². The number of aryl methyl sites for hydroxylation is 1. The van der Waals surface area contributed by atoms with Crippen molar-refractivity contribution < 1.29 is 14.6 Å². The molecule has 1 N–H and O–H groups in total. The first-order valence-corrected chi connectivity index (χ1v) is 9.70. The number of fused-ring (bicyclic) bond motifs is 1. The molecule has 2 heterocycles. The lowest BCUT2D eigenvalue weighted by atomic mass is 10.0. The number of nitrogens with zero attached hydrogens (tertiary/aromatic N) is 1. The Labute approximate surface area is 160 Å². The molecule has 0 atom stereocenters. The predicted molar refractivity (Wildman–Crippen MR) is 106 cm³/mol. The summed E-state index contributed by atoms with van der Waals surface area (Å²) in [5.41, 5.74) is 3.35. The van der Waals surface area contributed by atoms with Crippen LogP contribution in [0.1, 0.15) is 52.7 Å². The van der Waals surface area contributed by atoms with Crippen molar-refractivity contribution in [2.75, 3.05) is 13.1 Å². The van der Waals surface area contributed by atoms with Crippen molar-refractivity contribution in [1.29, 1.82) is 0 Å². The third kappa shape index (κ3) is 3.76. The van der Waals surface area contributed by atoms with Crippen molar-refractivity contribution in [2.45, 2.75) is 39.2 Å². The minimum absolute atomic E-state index is 0.123. The summed E-state index contributed by atoms with van der Waals surface area (Å²) in [4.78, 5) is 15.1. The smallest absolute Gasteiger partial charge is 0.231 e. The SMILES string of the molecule is Cc1ccc(/C=C2\Oc3c(ccc(O)c3CN3CCCCCC3)C2=O)cc1. The standard InChI is InChI=1S/C23H25NO3/c1-16-6-8-17(9-7-16)14-21-22(26)18-10-11-20(25)19(23(18)27-21)15-24-12-4-2-3-5-13-24/h6-11,14,25H,2-5,12-13,15H2,1H3/b21-14-. The van der Waals surface area contributed by atoms with E-state index in [2.05, 4.69) is 4.90 Å². The van der Waals surface area contributed by atoms with E-state index in [0.29, 0.717) is 23.6 Å². The fourth-order valence-corrected chi connectivity index (χ4v) is 3.78. The molecule has 0 saturated carbocycles. The number of hydrogen-bond acceptors (Lipinski definition) is 4. The van der Waals surface area contributed by atoms with Gasteiger partial charge < -0.3 is 9.84 Å². The van der Waals surface area contributed by atoms with Crippen molar-refractivity contribution in [3.63, 3.8) is 0 Å². The van der Waals surface area contributed by atoms with E-state index in [1.165, 1.54) is 31.2 Å². The molecule has 0 spiro atoms. The van der Waals surface area contributed by atoms with Gasteiger partial charge in [-0.15, -0.1) is 0 Å². The number of likely N-dealkylation sites (tertiary alicyclic amines) is 1. The quantitative estimate of drug-likeness (QED) is 0.804. The molecule has 140 valence electrons. The lowest BCUT2D eigenvalue weighted by Gasteiger charge is -2.21. The van der Waals surface area contributed by atoms with E-state index < -0.39 is 0 Å². The number of benzene rings is 2. The predicted octanol–water partition coefficient (Wildman–Crippen LogP) is 4.69. The molecule has 0 aliphatic carbocycles. The molecule has 1 saturated heterocycles. The normalized spacial score (nSPS) is 19.0. The minimum Gasteiger partial charge on any atom is -0.507 e. The van der Waals surface area contributed by atoms with Crippen LogP contribution in [0, 0.1) is 6.92 Å². The number of carbonyl (C=O) groups excluding carboxylic acids is 1. The average Bonchev–Trinajstić information content (AvgIpc) is 2.84. The van der Waals surface area contributed by atoms with Crippen molar-refractivity contribution in [3.05, 3.63) is 64.4 Å². The fourth-order valence-electron chi connectivity index (χ4n) is 3.78. The maximum Gasteiger partial charge on any atom is 0.231 e.